The average molecular weight is 525 g/mol. The van der Waals surface area contributed by atoms with Crippen molar-refractivity contribution in [2.24, 2.45) is 0 Å². The maximum atomic E-state index is 10.3. The maximum Gasteiger partial charge on any atom is 0.303 e. The molecule has 5 N–H and O–H groups in total. The fourth-order valence-corrected chi connectivity index (χ4v) is 2.65. The van der Waals surface area contributed by atoms with Gasteiger partial charge in [0.1, 0.15) is 0 Å². The van der Waals surface area contributed by atoms with Gasteiger partial charge in [0.05, 0.1) is 0 Å². The van der Waals surface area contributed by atoms with Gasteiger partial charge in [-0.3, -0.25) is 24.0 Å². The van der Waals surface area contributed by atoms with Crippen molar-refractivity contribution in [3.63, 3.8) is 0 Å². The first-order chi connectivity index (χ1) is 16.7. The van der Waals surface area contributed by atoms with Gasteiger partial charge in [0, 0.05) is 34.1 Å². The summed E-state index contributed by atoms with van der Waals surface area (Å²) in [5.41, 5.74) is 0. The SMILES string of the molecule is CC(=O)O.CC(=O)O.CC(=O)O.CC(=O)O.CCCCCCCCCCCCCCCCCC(=O)O. The highest BCUT2D eigenvalue weighted by Gasteiger charge is 1.97. The van der Waals surface area contributed by atoms with Crippen LogP contribution in [0.1, 0.15) is 137 Å². The van der Waals surface area contributed by atoms with Gasteiger partial charge in [-0.25, -0.2) is 0 Å². The molecule has 0 aromatic carbocycles. The molecule has 0 saturated carbocycles. The Hall–Kier alpha value is -2.65. The molecule has 10 nitrogen and oxygen atoms in total. The zero-order valence-electron chi connectivity index (χ0n) is 23.1. The van der Waals surface area contributed by atoms with Crippen molar-refractivity contribution < 1.29 is 49.5 Å². The molecule has 0 bridgehead atoms. The standard InChI is InChI=1S/C18H36O2.4C2H4O2/c1-2-3-4-5-6-7-8-9-10-11-12-13-14-15-16-17-18(19)20;4*1-2(3)4/h2-17H2,1H3,(H,19,20);4*1H3,(H,3,4). The molecule has 0 rings (SSSR count). The van der Waals surface area contributed by atoms with E-state index in [2.05, 4.69) is 6.92 Å². The molecule has 0 aliphatic heterocycles. The van der Waals surface area contributed by atoms with Gasteiger partial charge in [-0.1, -0.05) is 96.8 Å². The predicted molar refractivity (Wildman–Crippen MR) is 140 cm³/mol. The van der Waals surface area contributed by atoms with Gasteiger partial charge in [0.25, 0.3) is 23.9 Å². The largest absolute Gasteiger partial charge is 0.481 e. The molecule has 0 amide bonds. The molecule has 0 aliphatic rings. The molecule has 0 aromatic heterocycles. The van der Waals surface area contributed by atoms with Gasteiger partial charge in [-0.2, -0.15) is 0 Å². The maximum absolute atomic E-state index is 10.3. The summed E-state index contributed by atoms with van der Waals surface area (Å²) >= 11 is 0. The Balaban J connectivity index is -0.000000161. The van der Waals surface area contributed by atoms with Crippen LogP contribution in [0, 0.1) is 0 Å². The molecule has 0 aromatic rings. The summed E-state index contributed by atoms with van der Waals surface area (Å²) in [7, 11) is 0. The van der Waals surface area contributed by atoms with Crippen molar-refractivity contribution in [1.29, 1.82) is 0 Å². The molecule has 0 saturated heterocycles. The Morgan fingerprint density at radius 3 is 0.722 bits per heavy atom. The lowest BCUT2D eigenvalue weighted by molar-refractivity contribution is -0.137. The van der Waals surface area contributed by atoms with E-state index in [1.165, 1.54) is 83.5 Å². The summed E-state index contributed by atoms with van der Waals surface area (Å²) in [6.45, 7) is 6.60. The Labute approximate surface area is 217 Å². The normalized spacial score (nSPS) is 8.81. The summed E-state index contributed by atoms with van der Waals surface area (Å²) in [5.74, 6) is -3.99. The smallest absolute Gasteiger partial charge is 0.303 e. The van der Waals surface area contributed by atoms with Crippen LogP contribution in [-0.2, 0) is 24.0 Å². The molecule has 36 heavy (non-hydrogen) atoms. The highest BCUT2D eigenvalue weighted by Crippen LogP contribution is 2.13. The van der Waals surface area contributed by atoms with Crippen LogP contribution < -0.4 is 0 Å². The monoisotopic (exact) mass is 524 g/mol. The molecule has 0 fully saturated rings. The lowest BCUT2D eigenvalue weighted by Gasteiger charge is -2.03. The van der Waals surface area contributed by atoms with E-state index < -0.39 is 29.8 Å². The van der Waals surface area contributed by atoms with Crippen LogP contribution in [0.25, 0.3) is 0 Å². The third-order valence-electron chi connectivity index (χ3n) is 3.99. The Morgan fingerprint density at radius 1 is 0.389 bits per heavy atom. The van der Waals surface area contributed by atoms with Crippen molar-refractivity contribution in [3.05, 3.63) is 0 Å². The van der Waals surface area contributed by atoms with E-state index in [-0.39, 0.29) is 0 Å². The number of aliphatic carboxylic acids is 5. The van der Waals surface area contributed by atoms with Crippen molar-refractivity contribution in [2.75, 3.05) is 0 Å². The number of carbonyl (C=O) groups is 5. The third-order valence-corrected chi connectivity index (χ3v) is 3.99. The fourth-order valence-electron chi connectivity index (χ4n) is 2.65. The zero-order valence-corrected chi connectivity index (χ0v) is 23.1. The van der Waals surface area contributed by atoms with E-state index in [9.17, 15) is 4.79 Å². The highest BCUT2D eigenvalue weighted by atomic mass is 16.4. The quantitative estimate of drug-likeness (QED) is 0.136. The molecule has 0 atom stereocenters. The van der Waals surface area contributed by atoms with Gasteiger partial charge < -0.3 is 25.5 Å². The van der Waals surface area contributed by atoms with E-state index in [0.717, 1.165) is 40.5 Å². The number of carboxylic acid groups (broad SMARTS) is 5. The Morgan fingerprint density at radius 2 is 0.556 bits per heavy atom. The minimum atomic E-state index is -0.833. The number of rotatable bonds is 16. The number of carboxylic acids is 5. The predicted octanol–water partition coefficient (Wildman–Crippen LogP) is 6.70. The lowest BCUT2D eigenvalue weighted by atomic mass is 10.0. The first-order valence-electron chi connectivity index (χ1n) is 12.7. The summed E-state index contributed by atoms with van der Waals surface area (Å²) < 4.78 is 0. The third kappa shape index (κ3) is 140. The van der Waals surface area contributed by atoms with E-state index in [1.54, 1.807) is 0 Å². The van der Waals surface area contributed by atoms with Crippen LogP contribution in [-0.4, -0.2) is 55.4 Å². The van der Waals surface area contributed by atoms with Crippen LogP contribution in [0.4, 0.5) is 0 Å². The second-order valence-electron chi connectivity index (χ2n) is 8.17. The second-order valence-corrected chi connectivity index (χ2v) is 8.17. The van der Waals surface area contributed by atoms with Gasteiger partial charge in [-0.05, 0) is 6.42 Å². The van der Waals surface area contributed by atoms with Crippen LogP contribution in [0.5, 0.6) is 0 Å². The molecular formula is C26H52O10. The second kappa shape index (κ2) is 39.6. The topological polar surface area (TPSA) is 186 Å². The summed E-state index contributed by atoms with van der Waals surface area (Å²) in [5, 5.41) is 38.2. The molecule has 10 heteroatoms. The van der Waals surface area contributed by atoms with E-state index in [4.69, 9.17) is 44.7 Å². The molecule has 0 spiro atoms. The van der Waals surface area contributed by atoms with E-state index in [0.29, 0.717) is 6.42 Å². The van der Waals surface area contributed by atoms with Crippen molar-refractivity contribution in [1.82, 2.24) is 0 Å². The minimum absolute atomic E-state index is 0.345. The van der Waals surface area contributed by atoms with Gasteiger partial charge in [0.15, 0.2) is 0 Å². The summed E-state index contributed by atoms with van der Waals surface area (Å²) in [4.78, 5) is 46.3. The van der Waals surface area contributed by atoms with Gasteiger partial charge in [0.2, 0.25) is 0 Å². The van der Waals surface area contributed by atoms with Crippen LogP contribution in [0.2, 0.25) is 0 Å². The van der Waals surface area contributed by atoms with Crippen molar-refractivity contribution in [3.8, 4) is 0 Å². The van der Waals surface area contributed by atoms with E-state index in [1.807, 2.05) is 0 Å². The van der Waals surface area contributed by atoms with Gasteiger partial charge >= 0.3 is 5.97 Å². The summed E-state index contributed by atoms with van der Waals surface area (Å²) in [6, 6.07) is 0. The Bertz CT molecular complexity index is 455. The number of hydrogen-bond acceptors (Lipinski definition) is 5. The van der Waals surface area contributed by atoms with Crippen LogP contribution >= 0.6 is 0 Å². The molecular weight excluding hydrogens is 472 g/mol. The lowest BCUT2D eigenvalue weighted by Crippen LogP contribution is -1.93. The first kappa shape index (κ1) is 43.4. The number of hydrogen-bond donors (Lipinski definition) is 5. The fraction of sp³-hybridized carbons (Fsp3) is 0.808. The molecule has 216 valence electrons. The molecule has 0 unspecified atom stereocenters. The molecule has 0 radical (unpaired) electrons. The van der Waals surface area contributed by atoms with E-state index >= 15 is 0 Å². The van der Waals surface area contributed by atoms with Crippen molar-refractivity contribution in [2.45, 2.75) is 137 Å². The Kier molecular flexibility index (Phi) is 47.7. The van der Waals surface area contributed by atoms with Crippen molar-refractivity contribution >= 4 is 29.8 Å². The average Bonchev–Trinajstić information content (AvgIpc) is 2.69. The molecule has 0 heterocycles. The molecule has 0 aliphatic carbocycles. The zero-order chi connectivity index (χ0) is 29.2. The highest BCUT2D eigenvalue weighted by molar-refractivity contribution is 5.66. The first-order valence-corrected chi connectivity index (χ1v) is 12.7. The minimum Gasteiger partial charge on any atom is -0.481 e. The summed E-state index contributed by atoms with van der Waals surface area (Å²) in [6.07, 6.45) is 20.2. The van der Waals surface area contributed by atoms with Gasteiger partial charge in [-0.15, -0.1) is 0 Å². The number of unbranched alkanes of at least 4 members (excludes halogenated alkanes) is 14. The van der Waals surface area contributed by atoms with Crippen LogP contribution in [0.15, 0.2) is 0 Å². The van der Waals surface area contributed by atoms with Crippen LogP contribution in [0.3, 0.4) is 0 Å².